The van der Waals surface area contributed by atoms with Crippen molar-refractivity contribution in [3.05, 3.63) is 100 Å². The molecule has 1 aliphatic rings. The zero-order valence-electron chi connectivity index (χ0n) is 22.5. The summed E-state index contributed by atoms with van der Waals surface area (Å²) < 4.78 is 5.74. The van der Waals surface area contributed by atoms with Crippen LogP contribution in [-0.2, 0) is 16.1 Å². The van der Waals surface area contributed by atoms with E-state index in [-0.39, 0.29) is 23.4 Å². The number of carbonyl (C=O) groups excluding carboxylic acids is 2. The highest BCUT2D eigenvalue weighted by atomic mass is 16.5. The molecule has 0 aromatic heterocycles. The van der Waals surface area contributed by atoms with Crippen LogP contribution in [0, 0.1) is 6.92 Å². The lowest BCUT2D eigenvalue weighted by atomic mass is 9.94. The number of rotatable bonds is 9. The lowest BCUT2D eigenvalue weighted by Gasteiger charge is -2.26. The van der Waals surface area contributed by atoms with Crippen LogP contribution in [0.5, 0.6) is 5.75 Å². The third-order valence-corrected chi connectivity index (χ3v) is 6.73. The molecule has 1 heterocycles. The molecular formula is C31H32N2O6. The minimum atomic E-state index is -1.05. The Morgan fingerprint density at radius 1 is 0.949 bits per heavy atom. The van der Waals surface area contributed by atoms with Crippen molar-refractivity contribution in [3.63, 3.8) is 0 Å². The molecule has 0 bridgehead atoms. The van der Waals surface area contributed by atoms with Crippen molar-refractivity contribution in [1.82, 2.24) is 4.90 Å². The number of aliphatic hydroxyl groups excluding tert-OH is 1. The van der Waals surface area contributed by atoms with Gasteiger partial charge in [0.25, 0.3) is 11.7 Å². The number of aliphatic hydroxyl groups is 1. The molecule has 8 heteroatoms. The molecule has 3 aromatic carbocycles. The number of Topliss-reactive ketones (excluding diaryl/α,β-unsaturated/α-hetero) is 1. The molecule has 202 valence electrons. The predicted octanol–water partition coefficient (Wildman–Crippen LogP) is 5.17. The molecule has 39 heavy (non-hydrogen) atoms. The van der Waals surface area contributed by atoms with Gasteiger partial charge in [-0.2, -0.15) is 0 Å². The van der Waals surface area contributed by atoms with E-state index >= 15 is 0 Å². The first-order valence-corrected chi connectivity index (χ1v) is 12.7. The summed E-state index contributed by atoms with van der Waals surface area (Å²) in [4.78, 5) is 41.4. The highest BCUT2D eigenvalue weighted by Crippen LogP contribution is 2.41. The summed E-state index contributed by atoms with van der Waals surface area (Å²) in [6, 6.07) is 17.9. The second-order valence-corrected chi connectivity index (χ2v) is 9.74. The summed E-state index contributed by atoms with van der Waals surface area (Å²) in [5, 5.41) is 20.6. The van der Waals surface area contributed by atoms with E-state index in [2.05, 4.69) is 0 Å². The molecule has 8 nitrogen and oxygen atoms in total. The Morgan fingerprint density at radius 3 is 2.15 bits per heavy atom. The van der Waals surface area contributed by atoms with Gasteiger partial charge in [0.1, 0.15) is 11.5 Å². The Hall–Kier alpha value is -4.59. The number of amides is 1. The maximum absolute atomic E-state index is 13.4. The van der Waals surface area contributed by atoms with E-state index in [0.717, 1.165) is 17.7 Å². The van der Waals surface area contributed by atoms with Gasteiger partial charge < -0.3 is 24.7 Å². The van der Waals surface area contributed by atoms with Gasteiger partial charge in [-0.15, -0.1) is 0 Å². The monoisotopic (exact) mass is 528 g/mol. The van der Waals surface area contributed by atoms with Crippen LogP contribution in [0.2, 0.25) is 0 Å². The smallest absolute Gasteiger partial charge is 0.335 e. The zero-order chi connectivity index (χ0) is 28.3. The number of carboxylic acid groups (broad SMARTS) is 1. The predicted molar refractivity (Wildman–Crippen MR) is 149 cm³/mol. The fourth-order valence-corrected chi connectivity index (χ4v) is 4.62. The molecule has 1 atom stereocenters. The number of likely N-dealkylation sites (tertiary alicyclic amines) is 1. The van der Waals surface area contributed by atoms with Crippen molar-refractivity contribution in [2.24, 2.45) is 0 Å². The number of aryl methyl sites for hydroxylation is 1. The Labute approximate surface area is 227 Å². The molecule has 1 unspecified atom stereocenters. The molecule has 0 aliphatic carbocycles. The normalized spacial score (nSPS) is 16.4. The summed E-state index contributed by atoms with van der Waals surface area (Å²) >= 11 is 0. The SMILES string of the molecule is CCCOc1ccc(/C(O)=C2/C(=O)C(=O)N(Cc3ccc(C(=O)O)cc3)C2c2ccc(N(C)C)cc2)cc1C. The number of hydrogen-bond donors (Lipinski definition) is 2. The van der Waals surface area contributed by atoms with Gasteiger partial charge in [-0.25, -0.2) is 4.79 Å². The second kappa shape index (κ2) is 11.4. The number of benzene rings is 3. The third-order valence-electron chi connectivity index (χ3n) is 6.73. The summed E-state index contributed by atoms with van der Waals surface area (Å²) in [6.45, 7) is 4.50. The highest BCUT2D eigenvalue weighted by molar-refractivity contribution is 6.46. The van der Waals surface area contributed by atoms with Crippen molar-refractivity contribution in [1.29, 1.82) is 0 Å². The molecule has 1 aliphatic heterocycles. The molecule has 0 saturated carbocycles. The molecule has 3 aromatic rings. The van der Waals surface area contributed by atoms with Crippen molar-refractivity contribution >= 4 is 29.1 Å². The Balaban J connectivity index is 1.80. The highest BCUT2D eigenvalue weighted by Gasteiger charge is 2.46. The number of aromatic carboxylic acids is 1. The molecule has 2 N–H and O–H groups in total. The molecule has 1 fully saturated rings. The van der Waals surface area contributed by atoms with Gasteiger partial charge in [0.2, 0.25) is 0 Å². The van der Waals surface area contributed by atoms with E-state index < -0.39 is 23.7 Å². The van der Waals surface area contributed by atoms with Crippen LogP contribution in [0.3, 0.4) is 0 Å². The minimum absolute atomic E-state index is 0.00128. The van der Waals surface area contributed by atoms with Crippen molar-refractivity contribution in [3.8, 4) is 5.75 Å². The first kappa shape index (κ1) is 27.4. The topological polar surface area (TPSA) is 107 Å². The second-order valence-electron chi connectivity index (χ2n) is 9.74. The molecule has 0 spiro atoms. The summed E-state index contributed by atoms with van der Waals surface area (Å²) in [5.74, 6) is -2.14. The molecule has 1 amide bonds. The van der Waals surface area contributed by atoms with Crippen LogP contribution >= 0.6 is 0 Å². The van der Waals surface area contributed by atoms with Crippen molar-refractivity contribution < 1.29 is 29.3 Å². The molecule has 0 radical (unpaired) electrons. The first-order chi connectivity index (χ1) is 18.6. The number of carbonyl (C=O) groups is 3. The van der Waals surface area contributed by atoms with Crippen LogP contribution in [-0.4, -0.2) is 53.5 Å². The maximum Gasteiger partial charge on any atom is 0.335 e. The van der Waals surface area contributed by atoms with E-state index in [1.807, 2.05) is 57.1 Å². The van der Waals surface area contributed by atoms with E-state index in [1.54, 1.807) is 30.3 Å². The van der Waals surface area contributed by atoms with Crippen LogP contribution in [0.1, 0.15) is 52.0 Å². The Kier molecular flexibility index (Phi) is 8.04. The van der Waals surface area contributed by atoms with Crippen LogP contribution < -0.4 is 9.64 Å². The molecule has 1 saturated heterocycles. The molecule has 4 rings (SSSR count). The fraction of sp³-hybridized carbons (Fsp3) is 0.258. The standard InChI is InChI=1S/C31H32N2O6/c1-5-16-39-25-15-12-23(17-19(25)2)28(34)26-27(21-10-13-24(14-11-21)32(3)4)33(30(36)29(26)35)18-20-6-8-22(9-7-20)31(37)38/h6-15,17,27,34H,5,16,18H2,1-4H3,(H,37,38)/b28-26-. The fourth-order valence-electron chi connectivity index (χ4n) is 4.62. The summed E-state index contributed by atoms with van der Waals surface area (Å²) in [5.41, 5.74) is 3.61. The van der Waals surface area contributed by atoms with E-state index in [9.17, 15) is 24.6 Å². The van der Waals surface area contributed by atoms with Gasteiger partial charge in [-0.1, -0.05) is 31.2 Å². The van der Waals surface area contributed by atoms with Crippen molar-refractivity contribution in [2.75, 3.05) is 25.6 Å². The van der Waals surface area contributed by atoms with E-state index in [0.29, 0.717) is 29.0 Å². The lowest BCUT2D eigenvalue weighted by molar-refractivity contribution is -0.140. The zero-order valence-corrected chi connectivity index (χ0v) is 22.5. The van der Waals surface area contributed by atoms with E-state index in [4.69, 9.17) is 4.74 Å². The summed E-state index contributed by atoms with van der Waals surface area (Å²) in [6.07, 6.45) is 0.857. The minimum Gasteiger partial charge on any atom is -0.507 e. The third kappa shape index (κ3) is 5.65. The van der Waals surface area contributed by atoms with E-state index in [1.165, 1.54) is 17.0 Å². The van der Waals surface area contributed by atoms with Gasteiger partial charge in [0.15, 0.2) is 0 Å². The largest absolute Gasteiger partial charge is 0.507 e. The number of ether oxygens (including phenoxy) is 1. The average molecular weight is 529 g/mol. The number of anilines is 1. The number of hydrogen-bond acceptors (Lipinski definition) is 6. The Morgan fingerprint density at radius 2 is 1.59 bits per heavy atom. The van der Waals surface area contributed by atoms with Gasteiger partial charge >= 0.3 is 5.97 Å². The lowest BCUT2D eigenvalue weighted by Crippen LogP contribution is -2.29. The quantitative estimate of drug-likeness (QED) is 0.224. The van der Waals surface area contributed by atoms with Gasteiger partial charge in [0.05, 0.1) is 23.8 Å². The van der Waals surface area contributed by atoms with Crippen LogP contribution in [0.25, 0.3) is 5.76 Å². The van der Waals surface area contributed by atoms with Gasteiger partial charge in [0, 0.05) is 31.9 Å². The molecular weight excluding hydrogens is 496 g/mol. The summed E-state index contributed by atoms with van der Waals surface area (Å²) in [7, 11) is 3.83. The number of nitrogens with zero attached hydrogens (tertiary/aromatic N) is 2. The maximum atomic E-state index is 13.4. The number of carboxylic acids is 1. The van der Waals surface area contributed by atoms with Crippen molar-refractivity contribution in [2.45, 2.75) is 32.9 Å². The number of ketones is 1. The first-order valence-electron chi connectivity index (χ1n) is 12.7. The van der Waals surface area contributed by atoms with Crippen LogP contribution in [0.4, 0.5) is 5.69 Å². The average Bonchev–Trinajstić information content (AvgIpc) is 3.17. The van der Waals surface area contributed by atoms with Gasteiger partial charge in [-0.05, 0) is 72.5 Å². The van der Waals surface area contributed by atoms with Crippen LogP contribution in [0.15, 0.2) is 72.3 Å². The van der Waals surface area contributed by atoms with Gasteiger partial charge in [-0.3, -0.25) is 9.59 Å². The Bertz CT molecular complexity index is 1420.